The predicted octanol–water partition coefficient (Wildman–Crippen LogP) is 4.29. The maximum atomic E-state index is 3.53. The molecular weight excluding hydrogens is 236 g/mol. The lowest BCUT2D eigenvalue weighted by Gasteiger charge is -2.22. The van der Waals surface area contributed by atoms with E-state index in [9.17, 15) is 0 Å². The van der Waals surface area contributed by atoms with Crippen LogP contribution in [0.25, 0.3) is 6.08 Å². The molecule has 1 saturated carbocycles. The van der Waals surface area contributed by atoms with Gasteiger partial charge in [-0.1, -0.05) is 47.0 Å². The second-order valence-electron chi connectivity index (χ2n) is 4.43. The van der Waals surface area contributed by atoms with Gasteiger partial charge in [0.2, 0.25) is 0 Å². The summed E-state index contributed by atoms with van der Waals surface area (Å²) >= 11 is 3.53. The molecule has 1 heteroatoms. The second kappa shape index (κ2) is 2.96. The average molecular weight is 249 g/mol. The molecule has 0 aliphatic heterocycles. The lowest BCUT2D eigenvalue weighted by atomic mass is 9.81. The van der Waals surface area contributed by atoms with Gasteiger partial charge in [-0.15, -0.1) is 0 Å². The molecule has 1 spiro atoms. The molecule has 0 heterocycles. The summed E-state index contributed by atoms with van der Waals surface area (Å²) in [5.74, 6) is 0. The van der Waals surface area contributed by atoms with Gasteiger partial charge < -0.3 is 0 Å². The molecule has 72 valence electrons. The van der Waals surface area contributed by atoms with Crippen molar-refractivity contribution in [3.63, 3.8) is 0 Å². The molecule has 0 saturated heterocycles. The number of allylic oxidation sites excluding steroid dienone is 1. The fourth-order valence-corrected chi connectivity index (χ4v) is 3.28. The fourth-order valence-electron chi connectivity index (χ4n) is 2.91. The Morgan fingerprint density at radius 1 is 1.14 bits per heavy atom. The highest BCUT2D eigenvalue weighted by Gasteiger charge is 2.37. The van der Waals surface area contributed by atoms with Crippen molar-refractivity contribution in [1.82, 2.24) is 0 Å². The monoisotopic (exact) mass is 248 g/mol. The third-order valence-electron chi connectivity index (χ3n) is 3.63. The topological polar surface area (TPSA) is 0 Å². The van der Waals surface area contributed by atoms with Gasteiger partial charge in [-0.2, -0.15) is 0 Å². The van der Waals surface area contributed by atoms with E-state index in [2.05, 4.69) is 46.3 Å². The summed E-state index contributed by atoms with van der Waals surface area (Å²) in [7, 11) is 0. The van der Waals surface area contributed by atoms with Crippen molar-refractivity contribution in [3.05, 3.63) is 39.9 Å². The van der Waals surface area contributed by atoms with Gasteiger partial charge in [0.1, 0.15) is 0 Å². The molecule has 0 unspecified atom stereocenters. The molecular formula is C13H13Br. The summed E-state index contributed by atoms with van der Waals surface area (Å²) in [5.41, 5.74) is 3.38. The van der Waals surface area contributed by atoms with Crippen molar-refractivity contribution in [2.75, 3.05) is 0 Å². The van der Waals surface area contributed by atoms with Crippen LogP contribution in [-0.4, -0.2) is 0 Å². The lowest BCUT2D eigenvalue weighted by Crippen LogP contribution is -2.16. The maximum Gasteiger partial charge on any atom is 0.0181 e. The minimum absolute atomic E-state index is 0.413. The molecule has 0 N–H and O–H groups in total. The first-order chi connectivity index (χ1) is 6.80. The molecule has 3 rings (SSSR count). The molecule has 1 fully saturated rings. The van der Waals surface area contributed by atoms with E-state index in [4.69, 9.17) is 0 Å². The first-order valence-corrected chi connectivity index (χ1v) is 6.09. The van der Waals surface area contributed by atoms with Gasteiger partial charge in [0.05, 0.1) is 0 Å². The normalized spacial score (nSPS) is 21.8. The minimum Gasteiger partial charge on any atom is -0.0733 e. The summed E-state index contributed by atoms with van der Waals surface area (Å²) in [6, 6.07) is 6.70. The van der Waals surface area contributed by atoms with Gasteiger partial charge in [-0.25, -0.2) is 0 Å². The Bertz CT molecular complexity index is 398. The Balaban J connectivity index is 2.14. The summed E-state index contributed by atoms with van der Waals surface area (Å²) in [6.07, 6.45) is 10.2. The highest BCUT2D eigenvalue weighted by Crippen LogP contribution is 2.48. The van der Waals surface area contributed by atoms with E-state index in [1.165, 1.54) is 35.7 Å². The van der Waals surface area contributed by atoms with Gasteiger partial charge in [0, 0.05) is 9.89 Å². The van der Waals surface area contributed by atoms with Gasteiger partial charge >= 0.3 is 0 Å². The SMILES string of the molecule is Brc1ccc2c(c1)C=CC21CCCC1. The van der Waals surface area contributed by atoms with Crippen molar-refractivity contribution in [2.45, 2.75) is 31.1 Å². The quantitative estimate of drug-likeness (QED) is 0.643. The summed E-state index contributed by atoms with van der Waals surface area (Å²) in [5, 5.41) is 0. The van der Waals surface area contributed by atoms with Crippen LogP contribution in [0.4, 0.5) is 0 Å². The Morgan fingerprint density at radius 3 is 2.71 bits per heavy atom. The van der Waals surface area contributed by atoms with Gasteiger partial charge in [-0.3, -0.25) is 0 Å². The van der Waals surface area contributed by atoms with Gasteiger partial charge in [0.15, 0.2) is 0 Å². The first kappa shape index (κ1) is 8.72. The van der Waals surface area contributed by atoms with Crippen LogP contribution in [0.1, 0.15) is 36.8 Å². The number of benzene rings is 1. The van der Waals surface area contributed by atoms with Crippen LogP contribution in [0.2, 0.25) is 0 Å². The molecule has 2 aliphatic carbocycles. The molecule has 0 radical (unpaired) electrons. The lowest BCUT2D eigenvalue weighted by molar-refractivity contribution is 0.568. The molecule has 0 aromatic heterocycles. The van der Waals surface area contributed by atoms with Crippen molar-refractivity contribution >= 4 is 22.0 Å². The zero-order valence-electron chi connectivity index (χ0n) is 8.09. The zero-order valence-corrected chi connectivity index (χ0v) is 9.68. The maximum absolute atomic E-state index is 3.53. The van der Waals surface area contributed by atoms with Crippen LogP contribution in [0.15, 0.2) is 28.7 Å². The van der Waals surface area contributed by atoms with Crippen LogP contribution in [0.3, 0.4) is 0 Å². The number of halogens is 1. The summed E-state index contributed by atoms with van der Waals surface area (Å²) in [4.78, 5) is 0. The highest BCUT2D eigenvalue weighted by molar-refractivity contribution is 9.10. The molecule has 0 bridgehead atoms. The molecule has 0 nitrogen and oxygen atoms in total. The zero-order chi connectivity index (χ0) is 9.60. The van der Waals surface area contributed by atoms with E-state index in [-0.39, 0.29) is 0 Å². The van der Waals surface area contributed by atoms with Crippen LogP contribution in [0.5, 0.6) is 0 Å². The number of rotatable bonds is 0. The van der Waals surface area contributed by atoms with Crippen LogP contribution in [-0.2, 0) is 5.41 Å². The van der Waals surface area contributed by atoms with Crippen molar-refractivity contribution in [3.8, 4) is 0 Å². The third-order valence-corrected chi connectivity index (χ3v) is 4.12. The van der Waals surface area contributed by atoms with E-state index < -0.39 is 0 Å². The van der Waals surface area contributed by atoms with Gasteiger partial charge in [-0.05, 0) is 36.1 Å². The summed E-state index contributed by atoms with van der Waals surface area (Å²) < 4.78 is 1.19. The van der Waals surface area contributed by atoms with E-state index in [0.29, 0.717) is 5.41 Å². The number of hydrogen-bond acceptors (Lipinski definition) is 0. The number of hydrogen-bond donors (Lipinski definition) is 0. The van der Waals surface area contributed by atoms with E-state index in [0.717, 1.165) is 0 Å². The molecule has 1 aromatic rings. The van der Waals surface area contributed by atoms with Crippen molar-refractivity contribution < 1.29 is 0 Å². The van der Waals surface area contributed by atoms with E-state index in [1.807, 2.05) is 0 Å². The average Bonchev–Trinajstić information content (AvgIpc) is 2.77. The fraction of sp³-hybridized carbons (Fsp3) is 0.385. The van der Waals surface area contributed by atoms with Crippen LogP contribution < -0.4 is 0 Å². The third kappa shape index (κ3) is 1.12. The molecule has 2 aliphatic rings. The van der Waals surface area contributed by atoms with Crippen molar-refractivity contribution in [1.29, 1.82) is 0 Å². The Kier molecular flexibility index (Phi) is 1.85. The largest absolute Gasteiger partial charge is 0.0733 e. The van der Waals surface area contributed by atoms with Crippen LogP contribution in [0, 0.1) is 0 Å². The summed E-state index contributed by atoms with van der Waals surface area (Å²) in [6.45, 7) is 0. The smallest absolute Gasteiger partial charge is 0.0181 e. The molecule has 0 amide bonds. The molecule has 14 heavy (non-hydrogen) atoms. The second-order valence-corrected chi connectivity index (χ2v) is 5.34. The van der Waals surface area contributed by atoms with Gasteiger partial charge in [0.25, 0.3) is 0 Å². The first-order valence-electron chi connectivity index (χ1n) is 5.29. The number of fused-ring (bicyclic) bond motifs is 2. The molecule has 0 atom stereocenters. The Morgan fingerprint density at radius 2 is 1.93 bits per heavy atom. The Hall–Kier alpha value is -0.560. The van der Waals surface area contributed by atoms with Crippen LogP contribution >= 0.6 is 15.9 Å². The van der Waals surface area contributed by atoms with E-state index in [1.54, 1.807) is 5.56 Å². The Labute approximate surface area is 93.2 Å². The highest BCUT2D eigenvalue weighted by atomic mass is 79.9. The van der Waals surface area contributed by atoms with Crippen molar-refractivity contribution in [2.24, 2.45) is 0 Å². The van der Waals surface area contributed by atoms with E-state index >= 15 is 0 Å². The minimum atomic E-state index is 0.413. The standard InChI is InChI=1S/C13H13Br/c14-11-3-4-12-10(9-11)5-8-13(12)6-1-2-7-13/h3-5,8-9H,1-2,6-7H2. The molecule has 1 aromatic carbocycles. The predicted molar refractivity (Wildman–Crippen MR) is 63.3 cm³/mol.